The van der Waals surface area contributed by atoms with Gasteiger partial charge in [-0.05, 0) is 12.1 Å². The van der Waals surface area contributed by atoms with E-state index in [4.69, 9.17) is 21.4 Å². The molecule has 1 aromatic rings. The molecule has 0 saturated carbocycles. The van der Waals surface area contributed by atoms with Crippen LogP contribution in [0.25, 0.3) is 0 Å². The number of rotatable bonds is 1. The molecular weight excluding hydrogens is 206 g/mol. The summed E-state index contributed by atoms with van der Waals surface area (Å²) in [7, 11) is 0. The lowest BCUT2D eigenvalue weighted by atomic mass is 10.2. The molecule has 0 aromatic heterocycles. The van der Waals surface area contributed by atoms with E-state index in [9.17, 15) is 4.79 Å². The van der Waals surface area contributed by atoms with Crippen molar-refractivity contribution in [3.05, 3.63) is 23.2 Å². The van der Waals surface area contributed by atoms with Gasteiger partial charge in [0.15, 0.2) is 6.04 Å². The Morgan fingerprint density at radius 3 is 3.14 bits per heavy atom. The third kappa shape index (κ3) is 1.61. The van der Waals surface area contributed by atoms with Gasteiger partial charge in [0.25, 0.3) is 0 Å². The lowest BCUT2D eigenvalue weighted by molar-refractivity contribution is -0.138. The number of halogens is 1. The fraction of sp³-hybridized carbons (Fsp3) is 0.222. The number of carboxylic acid groups (broad SMARTS) is 1. The Labute approximate surface area is 85.4 Å². The quantitative estimate of drug-likeness (QED) is 0.744. The maximum atomic E-state index is 10.7. The van der Waals surface area contributed by atoms with Crippen LogP contribution in [0.5, 0.6) is 5.75 Å². The van der Waals surface area contributed by atoms with E-state index in [2.05, 4.69) is 5.32 Å². The van der Waals surface area contributed by atoms with E-state index in [1.807, 2.05) is 0 Å². The normalized spacial score (nSPS) is 19.1. The minimum absolute atomic E-state index is 0.114. The molecule has 0 fully saturated rings. The molecule has 74 valence electrons. The number of aliphatic carboxylic acids is 1. The fourth-order valence-corrected chi connectivity index (χ4v) is 1.43. The lowest BCUT2D eigenvalue weighted by Crippen LogP contribution is -2.38. The van der Waals surface area contributed by atoms with Crippen LogP contribution in [0.1, 0.15) is 0 Å². The van der Waals surface area contributed by atoms with Crippen LogP contribution in [0.4, 0.5) is 5.69 Å². The third-order valence-corrected chi connectivity index (χ3v) is 2.21. The van der Waals surface area contributed by atoms with Crippen LogP contribution in [-0.4, -0.2) is 23.7 Å². The van der Waals surface area contributed by atoms with Gasteiger partial charge in [-0.25, -0.2) is 4.79 Å². The van der Waals surface area contributed by atoms with Gasteiger partial charge in [-0.15, -0.1) is 0 Å². The smallest absolute Gasteiger partial charge is 0.329 e. The van der Waals surface area contributed by atoms with Gasteiger partial charge in [0.05, 0.1) is 5.69 Å². The molecule has 0 aliphatic carbocycles. The maximum Gasteiger partial charge on any atom is 0.329 e. The van der Waals surface area contributed by atoms with E-state index >= 15 is 0 Å². The van der Waals surface area contributed by atoms with Gasteiger partial charge in [-0.2, -0.15) is 0 Å². The zero-order chi connectivity index (χ0) is 10.1. The van der Waals surface area contributed by atoms with Gasteiger partial charge in [-0.3, -0.25) is 0 Å². The number of nitrogens with one attached hydrogen (secondary N) is 1. The van der Waals surface area contributed by atoms with Crippen LogP contribution in [-0.2, 0) is 4.79 Å². The molecule has 0 bridgehead atoms. The van der Waals surface area contributed by atoms with Gasteiger partial charge in [0, 0.05) is 11.1 Å². The molecule has 2 N–H and O–H groups in total. The number of carbonyl (C=O) groups is 1. The van der Waals surface area contributed by atoms with Gasteiger partial charge in [0.2, 0.25) is 0 Å². The average molecular weight is 214 g/mol. The lowest BCUT2D eigenvalue weighted by Gasteiger charge is -2.24. The van der Waals surface area contributed by atoms with Crippen LogP contribution >= 0.6 is 11.6 Å². The summed E-state index contributed by atoms with van der Waals surface area (Å²) in [6, 6.07) is 4.35. The van der Waals surface area contributed by atoms with Crippen molar-refractivity contribution in [3.63, 3.8) is 0 Å². The Bertz CT molecular complexity index is 380. The van der Waals surface area contributed by atoms with Crippen molar-refractivity contribution in [1.82, 2.24) is 0 Å². The first kappa shape index (κ1) is 9.15. The number of ether oxygens (including phenoxy) is 1. The van der Waals surface area contributed by atoms with Crippen molar-refractivity contribution in [3.8, 4) is 5.75 Å². The van der Waals surface area contributed by atoms with Crippen LogP contribution in [0.3, 0.4) is 0 Å². The van der Waals surface area contributed by atoms with Crippen molar-refractivity contribution >= 4 is 23.3 Å². The first-order valence-corrected chi connectivity index (χ1v) is 4.46. The number of fused-ring (bicyclic) bond motifs is 1. The second kappa shape index (κ2) is 3.38. The molecule has 2 rings (SSSR count). The highest BCUT2D eigenvalue weighted by molar-refractivity contribution is 6.30. The molecule has 0 amide bonds. The molecule has 0 saturated heterocycles. The van der Waals surface area contributed by atoms with E-state index in [1.165, 1.54) is 0 Å². The second-order valence-electron chi connectivity index (χ2n) is 2.99. The Kier molecular flexibility index (Phi) is 2.21. The zero-order valence-electron chi connectivity index (χ0n) is 7.16. The number of anilines is 1. The number of carboxylic acids is 1. The molecule has 14 heavy (non-hydrogen) atoms. The van der Waals surface area contributed by atoms with Crippen LogP contribution in [0, 0.1) is 0 Å². The number of hydrogen-bond acceptors (Lipinski definition) is 3. The third-order valence-electron chi connectivity index (χ3n) is 1.98. The topological polar surface area (TPSA) is 58.6 Å². The minimum Gasteiger partial charge on any atom is -0.489 e. The molecule has 1 aliphatic rings. The van der Waals surface area contributed by atoms with Crippen molar-refractivity contribution in [2.45, 2.75) is 6.04 Å². The van der Waals surface area contributed by atoms with E-state index in [0.717, 1.165) is 0 Å². The molecule has 1 aliphatic heterocycles. The Balaban J connectivity index is 2.27. The van der Waals surface area contributed by atoms with Crippen molar-refractivity contribution in [1.29, 1.82) is 0 Å². The highest BCUT2D eigenvalue weighted by atomic mass is 35.5. The van der Waals surface area contributed by atoms with Gasteiger partial charge in [-0.1, -0.05) is 11.6 Å². The molecule has 1 aromatic carbocycles. The molecule has 1 atom stereocenters. The predicted octanol–water partition coefficient (Wildman–Crippen LogP) is 1.60. The Morgan fingerprint density at radius 1 is 1.64 bits per heavy atom. The summed E-state index contributed by atoms with van der Waals surface area (Å²) in [5, 5.41) is 12.2. The van der Waals surface area contributed by atoms with Gasteiger partial charge < -0.3 is 15.2 Å². The predicted molar refractivity (Wildman–Crippen MR) is 52.0 cm³/mol. The van der Waals surface area contributed by atoms with E-state index in [1.54, 1.807) is 18.2 Å². The Morgan fingerprint density at radius 2 is 2.43 bits per heavy atom. The molecular formula is C9H8ClNO3. The van der Waals surface area contributed by atoms with Crippen molar-refractivity contribution in [2.75, 3.05) is 11.9 Å². The van der Waals surface area contributed by atoms with Gasteiger partial charge >= 0.3 is 5.97 Å². The summed E-state index contributed by atoms with van der Waals surface area (Å²) in [6.45, 7) is 0.114. The molecule has 5 heteroatoms. The average Bonchev–Trinajstić information content (AvgIpc) is 2.16. The monoisotopic (exact) mass is 213 g/mol. The SMILES string of the molecule is O=C(O)[C@H]1COc2cc(Cl)ccc2N1. The first-order chi connectivity index (χ1) is 6.66. The molecule has 0 spiro atoms. The highest BCUT2D eigenvalue weighted by Crippen LogP contribution is 2.31. The minimum atomic E-state index is -0.925. The van der Waals surface area contributed by atoms with Crippen LogP contribution in [0.15, 0.2) is 18.2 Å². The van der Waals surface area contributed by atoms with E-state index < -0.39 is 12.0 Å². The summed E-state index contributed by atoms with van der Waals surface area (Å²) in [5.41, 5.74) is 0.660. The largest absolute Gasteiger partial charge is 0.489 e. The molecule has 4 nitrogen and oxygen atoms in total. The van der Waals surface area contributed by atoms with E-state index in [-0.39, 0.29) is 6.61 Å². The van der Waals surface area contributed by atoms with Crippen LogP contribution in [0.2, 0.25) is 5.02 Å². The van der Waals surface area contributed by atoms with Crippen molar-refractivity contribution < 1.29 is 14.6 Å². The van der Waals surface area contributed by atoms with Gasteiger partial charge in [0.1, 0.15) is 12.4 Å². The standard InChI is InChI=1S/C9H8ClNO3/c10-5-1-2-6-8(3-5)14-4-7(11-6)9(12)13/h1-3,7,11H,4H2,(H,12,13)/t7-/m1/s1. The fourth-order valence-electron chi connectivity index (χ4n) is 1.27. The maximum absolute atomic E-state index is 10.7. The highest BCUT2D eigenvalue weighted by Gasteiger charge is 2.24. The molecule has 1 heterocycles. The van der Waals surface area contributed by atoms with Crippen molar-refractivity contribution in [2.24, 2.45) is 0 Å². The summed E-state index contributed by atoms with van der Waals surface area (Å²) in [5.74, 6) is -0.333. The number of benzene rings is 1. The van der Waals surface area contributed by atoms with Crippen LogP contribution < -0.4 is 10.1 Å². The first-order valence-electron chi connectivity index (χ1n) is 4.08. The summed E-state index contributed by atoms with van der Waals surface area (Å²) < 4.78 is 5.25. The Hall–Kier alpha value is -1.42. The number of hydrogen-bond donors (Lipinski definition) is 2. The summed E-state index contributed by atoms with van der Waals surface area (Å²) >= 11 is 5.75. The molecule has 0 radical (unpaired) electrons. The molecule has 0 unspecified atom stereocenters. The summed E-state index contributed by atoms with van der Waals surface area (Å²) in [4.78, 5) is 10.7. The zero-order valence-corrected chi connectivity index (χ0v) is 7.91. The van der Waals surface area contributed by atoms with E-state index in [0.29, 0.717) is 16.5 Å². The second-order valence-corrected chi connectivity index (χ2v) is 3.42. The summed E-state index contributed by atoms with van der Waals surface area (Å²) in [6.07, 6.45) is 0.